The Balaban J connectivity index is 1.36. The number of aromatic amines is 2. The number of amides is 1. The van der Waals surface area contributed by atoms with Gasteiger partial charge in [-0.3, -0.25) is 24.5 Å². The standard InChI is InChI=1S/C25H20N4O4/c30-22(27-14-19(15-6-2-1-3-7-15)20-8-4-5-11-26-20)16-9-10-21-17(12-16)13-18-23(31)28-25(32)29-24(18)33-21/h1-12,19H,13-14H2,(H,27,30)(H2,28,29,31,32). The molecule has 4 aromatic rings. The zero-order valence-corrected chi connectivity index (χ0v) is 17.5. The van der Waals surface area contributed by atoms with Crippen LogP contribution in [-0.4, -0.2) is 27.4 Å². The van der Waals surface area contributed by atoms with Crippen molar-refractivity contribution in [2.75, 3.05) is 6.54 Å². The van der Waals surface area contributed by atoms with Gasteiger partial charge in [-0.05, 0) is 35.9 Å². The zero-order chi connectivity index (χ0) is 22.8. The number of ether oxygens (including phenoxy) is 1. The highest BCUT2D eigenvalue weighted by molar-refractivity contribution is 5.94. The maximum absolute atomic E-state index is 13.0. The summed E-state index contributed by atoms with van der Waals surface area (Å²) in [7, 11) is 0. The number of hydrogen-bond acceptors (Lipinski definition) is 5. The second kappa shape index (κ2) is 8.58. The largest absolute Gasteiger partial charge is 0.440 e. The van der Waals surface area contributed by atoms with Crippen LogP contribution in [0.1, 0.15) is 38.7 Å². The number of H-pyrrole nitrogens is 2. The molecule has 0 spiro atoms. The monoisotopic (exact) mass is 440 g/mol. The smallest absolute Gasteiger partial charge is 0.328 e. The van der Waals surface area contributed by atoms with Crippen LogP contribution in [0.5, 0.6) is 11.6 Å². The Morgan fingerprint density at radius 2 is 1.85 bits per heavy atom. The SMILES string of the molecule is O=C(NCC(c1ccccc1)c1ccccn1)c1ccc2c(c1)Cc1c([nH]c(=O)[nH]c1=O)O2. The average Bonchev–Trinajstić information content (AvgIpc) is 2.84. The summed E-state index contributed by atoms with van der Waals surface area (Å²) in [6.07, 6.45) is 1.99. The molecular formula is C25H20N4O4. The minimum absolute atomic E-state index is 0.0976. The van der Waals surface area contributed by atoms with Gasteiger partial charge in [0.1, 0.15) is 5.75 Å². The fourth-order valence-corrected chi connectivity index (χ4v) is 3.96. The van der Waals surface area contributed by atoms with Crippen LogP contribution in [0.4, 0.5) is 0 Å². The molecule has 164 valence electrons. The molecular weight excluding hydrogens is 420 g/mol. The summed E-state index contributed by atoms with van der Waals surface area (Å²) in [5.41, 5.74) is 2.26. The maximum Gasteiger partial charge on any atom is 0.328 e. The second-order valence-corrected chi connectivity index (χ2v) is 7.75. The Morgan fingerprint density at radius 3 is 2.64 bits per heavy atom. The number of nitrogens with zero attached hydrogens (tertiary/aromatic N) is 1. The van der Waals surface area contributed by atoms with E-state index in [2.05, 4.69) is 20.3 Å². The number of nitrogens with one attached hydrogen (secondary N) is 3. The number of carbonyl (C=O) groups is 1. The summed E-state index contributed by atoms with van der Waals surface area (Å²) >= 11 is 0. The highest BCUT2D eigenvalue weighted by Crippen LogP contribution is 2.33. The molecule has 33 heavy (non-hydrogen) atoms. The Labute approximate surface area is 188 Å². The van der Waals surface area contributed by atoms with Gasteiger partial charge in [0, 0.05) is 41.9 Å². The van der Waals surface area contributed by atoms with E-state index in [1.54, 1.807) is 24.4 Å². The lowest BCUT2D eigenvalue weighted by Crippen LogP contribution is -2.30. The van der Waals surface area contributed by atoms with Crippen molar-refractivity contribution < 1.29 is 9.53 Å². The van der Waals surface area contributed by atoms with Crippen molar-refractivity contribution in [3.63, 3.8) is 0 Å². The predicted molar refractivity (Wildman–Crippen MR) is 122 cm³/mol. The van der Waals surface area contributed by atoms with Crippen molar-refractivity contribution in [1.82, 2.24) is 20.3 Å². The van der Waals surface area contributed by atoms with Gasteiger partial charge >= 0.3 is 5.69 Å². The van der Waals surface area contributed by atoms with Crippen LogP contribution in [0.3, 0.4) is 0 Å². The van der Waals surface area contributed by atoms with Crippen LogP contribution in [-0.2, 0) is 6.42 Å². The maximum atomic E-state index is 13.0. The summed E-state index contributed by atoms with van der Waals surface area (Å²) in [6, 6.07) is 20.7. The van der Waals surface area contributed by atoms with E-state index in [-0.39, 0.29) is 24.1 Å². The molecule has 8 heteroatoms. The van der Waals surface area contributed by atoms with E-state index in [0.29, 0.717) is 29.0 Å². The first-order chi connectivity index (χ1) is 16.1. The molecule has 2 aromatic heterocycles. The number of pyridine rings is 1. The van der Waals surface area contributed by atoms with E-state index in [1.165, 1.54) is 0 Å². The number of fused-ring (bicyclic) bond motifs is 2. The average molecular weight is 440 g/mol. The van der Waals surface area contributed by atoms with E-state index >= 15 is 0 Å². The van der Waals surface area contributed by atoms with Crippen molar-refractivity contribution in [2.24, 2.45) is 0 Å². The van der Waals surface area contributed by atoms with Crippen molar-refractivity contribution in [3.05, 3.63) is 122 Å². The van der Waals surface area contributed by atoms with Crippen LogP contribution in [0.25, 0.3) is 0 Å². The summed E-state index contributed by atoms with van der Waals surface area (Å²) < 4.78 is 5.67. The van der Waals surface area contributed by atoms with E-state index in [1.807, 2.05) is 48.5 Å². The minimum atomic E-state index is -0.626. The van der Waals surface area contributed by atoms with Gasteiger partial charge in [0.2, 0.25) is 5.88 Å². The van der Waals surface area contributed by atoms with Gasteiger partial charge in [-0.25, -0.2) is 4.79 Å². The van der Waals surface area contributed by atoms with Gasteiger partial charge in [-0.2, -0.15) is 0 Å². The number of carbonyl (C=O) groups excluding carboxylic acids is 1. The molecule has 1 unspecified atom stereocenters. The molecule has 0 fully saturated rings. The lowest BCUT2D eigenvalue weighted by Gasteiger charge is -2.20. The molecule has 0 radical (unpaired) electrons. The Hall–Kier alpha value is -4.46. The molecule has 3 N–H and O–H groups in total. The molecule has 0 saturated carbocycles. The quantitative estimate of drug-likeness (QED) is 0.389. The van der Waals surface area contributed by atoms with Crippen LogP contribution >= 0.6 is 0 Å². The number of aromatic nitrogens is 3. The summed E-state index contributed by atoms with van der Waals surface area (Å²) in [4.78, 5) is 45.8. The van der Waals surface area contributed by atoms with E-state index in [9.17, 15) is 14.4 Å². The third kappa shape index (κ3) is 4.18. The molecule has 1 atom stereocenters. The molecule has 0 saturated heterocycles. The Bertz CT molecular complexity index is 1390. The molecule has 8 nitrogen and oxygen atoms in total. The predicted octanol–water partition coefficient (Wildman–Crippen LogP) is 2.72. The summed E-state index contributed by atoms with van der Waals surface area (Å²) in [5, 5.41) is 3.01. The molecule has 1 amide bonds. The van der Waals surface area contributed by atoms with Crippen molar-refractivity contribution >= 4 is 5.91 Å². The van der Waals surface area contributed by atoms with E-state index in [4.69, 9.17) is 4.74 Å². The molecule has 3 heterocycles. The molecule has 5 rings (SSSR count). The van der Waals surface area contributed by atoms with Crippen molar-refractivity contribution in [3.8, 4) is 11.6 Å². The fraction of sp³-hybridized carbons (Fsp3) is 0.120. The number of rotatable bonds is 5. The fourth-order valence-electron chi connectivity index (χ4n) is 3.96. The van der Waals surface area contributed by atoms with Crippen LogP contribution < -0.4 is 21.3 Å². The summed E-state index contributed by atoms with van der Waals surface area (Å²) in [5.74, 6) is 0.292. The first kappa shape index (κ1) is 20.4. The highest BCUT2D eigenvalue weighted by Gasteiger charge is 2.23. The van der Waals surface area contributed by atoms with Gasteiger partial charge in [0.05, 0.1) is 5.56 Å². The topological polar surface area (TPSA) is 117 Å². The van der Waals surface area contributed by atoms with Gasteiger partial charge in [-0.15, -0.1) is 0 Å². The molecule has 2 aromatic carbocycles. The van der Waals surface area contributed by atoms with Crippen LogP contribution in [0.15, 0.2) is 82.5 Å². The van der Waals surface area contributed by atoms with Gasteiger partial charge < -0.3 is 10.1 Å². The third-order valence-corrected chi connectivity index (χ3v) is 5.62. The lowest BCUT2D eigenvalue weighted by molar-refractivity contribution is 0.0952. The normalized spacial score (nSPS) is 12.7. The van der Waals surface area contributed by atoms with Crippen molar-refractivity contribution in [1.29, 1.82) is 0 Å². The lowest BCUT2D eigenvalue weighted by atomic mass is 9.95. The zero-order valence-electron chi connectivity index (χ0n) is 17.5. The number of hydrogen-bond donors (Lipinski definition) is 3. The number of benzene rings is 2. The molecule has 0 aliphatic carbocycles. The highest BCUT2D eigenvalue weighted by atomic mass is 16.5. The third-order valence-electron chi connectivity index (χ3n) is 5.62. The second-order valence-electron chi connectivity index (χ2n) is 7.75. The van der Waals surface area contributed by atoms with Gasteiger partial charge in [0.15, 0.2) is 0 Å². The van der Waals surface area contributed by atoms with Gasteiger partial charge in [0.25, 0.3) is 11.5 Å². The minimum Gasteiger partial charge on any atom is -0.440 e. The first-order valence-corrected chi connectivity index (χ1v) is 10.5. The van der Waals surface area contributed by atoms with Crippen LogP contribution in [0, 0.1) is 0 Å². The first-order valence-electron chi connectivity index (χ1n) is 10.5. The molecule has 0 bridgehead atoms. The van der Waals surface area contributed by atoms with Crippen molar-refractivity contribution in [2.45, 2.75) is 12.3 Å². The van der Waals surface area contributed by atoms with Gasteiger partial charge in [-0.1, -0.05) is 36.4 Å². The molecule has 1 aliphatic rings. The Kier molecular flexibility index (Phi) is 5.32. The van der Waals surface area contributed by atoms with E-state index < -0.39 is 11.2 Å². The summed E-state index contributed by atoms with van der Waals surface area (Å²) in [6.45, 7) is 0.372. The molecule has 1 aliphatic heterocycles. The van der Waals surface area contributed by atoms with E-state index in [0.717, 1.165) is 11.3 Å². The Morgan fingerprint density at radius 1 is 1.03 bits per heavy atom. The van der Waals surface area contributed by atoms with Crippen LogP contribution in [0.2, 0.25) is 0 Å².